The number of carbonyl (C=O) groups is 1. The van der Waals surface area contributed by atoms with Gasteiger partial charge in [0.05, 0.1) is 6.42 Å². The third-order valence-electron chi connectivity index (χ3n) is 2.22. The van der Waals surface area contributed by atoms with Crippen LogP contribution in [-0.4, -0.2) is 34.9 Å². The molecule has 1 unspecified atom stereocenters. The molecule has 14 heavy (non-hydrogen) atoms. The van der Waals surface area contributed by atoms with Crippen molar-refractivity contribution < 1.29 is 10.0 Å². The monoisotopic (exact) mass is 201 g/mol. The van der Waals surface area contributed by atoms with Crippen LogP contribution in [0, 0.1) is 0 Å². The van der Waals surface area contributed by atoms with Gasteiger partial charge in [0.25, 0.3) is 0 Å². The molecule has 1 amide bonds. The number of amidine groups is 1. The largest absolute Gasteiger partial charge is 0.409 e. The Morgan fingerprint density at radius 1 is 1.64 bits per heavy atom. The summed E-state index contributed by atoms with van der Waals surface area (Å²) in [5.41, 5.74) is 5.24. The van der Waals surface area contributed by atoms with E-state index < -0.39 is 0 Å². The first-order valence-electron chi connectivity index (χ1n) is 4.75. The lowest BCUT2D eigenvalue weighted by molar-refractivity contribution is -0.130. The molecule has 5 heteroatoms. The Balaban J connectivity index is 4.11. The van der Waals surface area contributed by atoms with Crippen LogP contribution in [0.25, 0.3) is 0 Å². The van der Waals surface area contributed by atoms with E-state index in [9.17, 15) is 4.79 Å². The molecule has 0 aromatic rings. The van der Waals surface area contributed by atoms with E-state index in [1.54, 1.807) is 11.9 Å². The molecular formula is C9H19N3O2. The Morgan fingerprint density at radius 2 is 2.21 bits per heavy atom. The number of nitrogens with zero attached hydrogens (tertiary/aromatic N) is 2. The minimum absolute atomic E-state index is 0.0267. The fraction of sp³-hybridized carbons (Fsp3) is 0.778. The lowest BCUT2D eigenvalue weighted by atomic mass is 10.1. The molecule has 0 fully saturated rings. The van der Waals surface area contributed by atoms with Crippen LogP contribution < -0.4 is 5.73 Å². The van der Waals surface area contributed by atoms with Crippen LogP contribution in [0.2, 0.25) is 0 Å². The van der Waals surface area contributed by atoms with Crippen LogP contribution >= 0.6 is 0 Å². The molecule has 0 heterocycles. The Morgan fingerprint density at radius 3 is 2.64 bits per heavy atom. The maximum absolute atomic E-state index is 11.5. The first kappa shape index (κ1) is 12.7. The average molecular weight is 201 g/mol. The van der Waals surface area contributed by atoms with Crippen molar-refractivity contribution in [2.75, 3.05) is 7.05 Å². The van der Waals surface area contributed by atoms with Crippen molar-refractivity contribution in [3.63, 3.8) is 0 Å². The molecule has 0 saturated heterocycles. The summed E-state index contributed by atoms with van der Waals surface area (Å²) in [5, 5.41) is 11.1. The van der Waals surface area contributed by atoms with E-state index in [2.05, 4.69) is 12.1 Å². The average Bonchev–Trinajstić information content (AvgIpc) is 2.16. The Kier molecular flexibility index (Phi) is 5.67. The van der Waals surface area contributed by atoms with Gasteiger partial charge < -0.3 is 15.8 Å². The maximum Gasteiger partial charge on any atom is 0.230 e. The molecule has 0 aromatic heterocycles. The summed E-state index contributed by atoms with van der Waals surface area (Å²) in [6, 6.07) is 0.194. The van der Waals surface area contributed by atoms with Crippen molar-refractivity contribution in [2.24, 2.45) is 10.9 Å². The Hall–Kier alpha value is -1.26. The van der Waals surface area contributed by atoms with Crippen LogP contribution in [0.4, 0.5) is 0 Å². The fourth-order valence-corrected chi connectivity index (χ4v) is 1.17. The van der Waals surface area contributed by atoms with Gasteiger partial charge in [0.2, 0.25) is 5.91 Å². The molecule has 0 spiro atoms. The maximum atomic E-state index is 11.5. The number of carbonyl (C=O) groups excluding carboxylic acids is 1. The zero-order valence-electron chi connectivity index (χ0n) is 9.03. The highest BCUT2D eigenvalue weighted by Crippen LogP contribution is 2.05. The number of hydrogen-bond donors (Lipinski definition) is 2. The van der Waals surface area contributed by atoms with Crippen molar-refractivity contribution in [1.82, 2.24) is 4.90 Å². The summed E-state index contributed by atoms with van der Waals surface area (Å²) in [6.45, 7) is 4.05. The van der Waals surface area contributed by atoms with Crippen LogP contribution in [-0.2, 0) is 4.79 Å². The first-order chi connectivity index (χ1) is 6.52. The highest BCUT2D eigenvalue weighted by atomic mass is 16.4. The van der Waals surface area contributed by atoms with E-state index in [4.69, 9.17) is 10.9 Å². The summed E-state index contributed by atoms with van der Waals surface area (Å²) in [4.78, 5) is 13.1. The van der Waals surface area contributed by atoms with E-state index in [0.29, 0.717) is 0 Å². The fourth-order valence-electron chi connectivity index (χ4n) is 1.17. The van der Waals surface area contributed by atoms with Crippen LogP contribution in [0.3, 0.4) is 0 Å². The quantitative estimate of drug-likeness (QED) is 0.298. The van der Waals surface area contributed by atoms with Crippen molar-refractivity contribution >= 4 is 11.7 Å². The Labute approximate surface area is 84.6 Å². The van der Waals surface area contributed by atoms with Gasteiger partial charge in [-0.15, -0.1) is 0 Å². The van der Waals surface area contributed by atoms with Gasteiger partial charge >= 0.3 is 0 Å². The smallest absolute Gasteiger partial charge is 0.230 e. The number of amides is 1. The van der Waals surface area contributed by atoms with Gasteiger partial charge in [-0.2, -0.15) is 0 Å². The van der Waals surface area contributed by atoms with E-state index >= 15 is 0 Å². The van der Waals surface area contributed by atoms with E-state index in [0.717, 1.165) is 12.8 Å². The SMILES string of the molecule is CCCC(C)N(C)C(=O)C/C(N)=N/O. The lowest BCUT2D eigenvalue weighted by Crippen LogP contribution is -2.37. The molecule has 0 aliphatic heterocycles. The second-order valence-electron chi connectivity index (χ2n) is 3.41. The van der Waals surface area contributed by atoms with Crippen LogP contribution in [0.1, 0.15) is 33.1 Å². The van der Waals surface area contributed by atoms with Gasteiger partial charge in [-0.05, 0) is 13.3 Å². The van der Waals surface area contributed by atoms with Crippen molar-refractivity contribution in [1.29, 1.82) is 0 Å². The topological polar surface area (TPSA) is 78.9 Å². The molecule has 0 saturated carbocycles. The molecule has 0 rings (SSSR count). The van der Waals surface area contributed by atoms with Gasteiger partial charge in [-0.1, -0.05) is 18.5 Å². The third kappa shape index (κ3) is 4.11. The second kappa shape index (κ2) is 6.23. The minimum atomic E-state index is -0.124. The molecule has 0 aromatic carbocycles. The highest BCUT2D eigenvalue weighted by molar-refractivity contribution is 5.98. The second-order valence-corrected chi connectivity index (χ2v) is 3.41. The van der Waals surface area contributed by atoms with E-state index in [1.165, 1.54) is 0 Å². The molecule has 0 radical (unpaired) electrons. The summed E-state index contributed by atoms with van der Waals surface area (Å²) in [7, 11) is 1.73. The minimum Gasteiger partial charge on any atom is -0.409 e. The molecular weight excluding hydrogens is 182 g/mol. The summed E-state index contributed by atoms with van der Waals surface area (Å²) >= 11 is 0. The van der Waals surface area contributed by atoms with E-state index in [1.807, 2.05) is 6.92 Å². The zero-order chi connectivity index (χ0) is 11.1. The summed E-state index contributed by atoms with van der Waals surface area (Å²) < 4.78 is 0. The van der Waals surface area contributed by atoms with Gasteiger partial charge in [0.1, 0.15) is 5.84 Å². The van der Waals surface area contributed by atoms with Gasteiger partial charge in [-0.25, -0.2) is 0 Å². The molecule has 82 valence electrons. The normalized spacial score (nSPS) is 13.8. The summed E-state index contributed by atoms with van der Waals surface area (Å²) in [6.07, 6.45) is 1.96. The molecule has 3 N–H and O–H groups in total. The number of rotatable bonds is 5. The third-order valence-corrected chi connectivity index (χ3v) is 2.22. The number of nitrogens with two attached hydrogens (primary N) is 1. The summed E-state index contributed by atoms with van der Waals surface area (Å²) in [5.74, 6) is -0.174. The predicted octanol–water partition coefficient (Wildman–Crippen LogP) is 0.770. The lowest BCUT2D eigenvalue weighted by Gasteiger charge is -2.24. The number of hydrogen-bond acceptors (Lipinski definition) is 3. The molecule has 0 aliphatic carbocycles. The van der Waals surface area contributed by atoms with Crippen molar-refractivity contribution in [3.05, 3.63) is 0 Å². The van der Waals surface area contributed by atoms with Crippen molar-refractivity contribution in [2.45, 2.75) is 39.2 Å². The standard InChI is InChI=1S/C9H19N3O2/c1-4-5-7(2)12(3)9(13)6-8(10)11-14/h7,14H,4-6H2,1-3H3,(H2,10,11). The van der Waals surface area contributed by atoms with Gasteiger partial charge in [-0.3, -0.25) is 4.79 Å². The van der Waals surface area contributed by atoms with Crippen LogP contribution in [0.15, 0.2) is 5.16 Å². The van der Waals surface area contributed by atoms with Gasteiger partial charge in [0, 0.05) is 13.1 Å². The molecule has 5 nitrogen and oxygen atoms in total. The molecule has 0 bridgehead atoms. The van der Waals surface area contributed by atoms with E-state index in [-0.39, 0.29) is 24.2 Å². The predicted molar refractivity (Wildman–Crippen MR) is 55.2 cm³/mol. The van der Waals surface area contributed by atoms with Crippen LogP contribution in [0.5, 0.6) is 0 Å². The van der Waals surface area contributed by atoms with Crippen molar-refractivity contribution in [3.8, 4) is 0 Å². The highest BCUT2D eigenvalue weighted by Gasteiger charge is 2.15. The number of oxime groups is 1. The molecule has 0 aliphatic rings. The Bertz CT molecular complexity index is 216. The zero-order valence-corrected chi connectivity index (χ0v) is 9.03. The molecule has 1 atom stereocenters. The van der Waals surface area contributed by atoms with Gasteiger partial charge in [0.15, 0.2) is 0 Å². The first-order valence-corrected chi connectivity index (χ1v) is 4.75.